The maximum atomic E-state index is 5.10. The summed E-state index contributed by atoms with van der Waals surface area (Å²) in [6, 6.07) is 36.8. The van der Waals surface area contributed by atoms with Crippen molar-refractivity contribution in [2.45, 2.75) is 39.8 Å². The van der Waals surface area contributed by atoms with Crippen molar-refractivity contribution < 1.29 is 0 Å². The van der Waals surface area contributed by atoms with Gasteiger partial charge in [-0.25, -0.2) is 9.99 Å². The molecule has 2 aromatic heterocycles. The van der Waals surface area contributed by atoms with Crippen LogP contribution in [0.3, 0.4) is 0 Å². The van der Waals surface area contributed by atoms with E-state index in [2.05, 4.69) is 157 Å². The minimum absolute atomic E-state index is 0.0609. The number of fused-ring (bicyclic) bond motifs is 4. The smallest absolute Gasteiger partial charge is 0.150 e. The molecule has 0 saturated carbocycles. The van der Waals surface area contributed by atoms with E-state index in [-0.39, 0.29) is 6.04 Å². The van der Waals surface area contributed by atoms with E-state index in [0.717, 1.165) is 48.5 Å². The molecule has 0 spiro atoms. The summed E-state index contributed by atoms with van der Waals surface area (Å²) in [6.45, 7) is 9.56. The molecule has 0 fully saturated rings. The first-order valence-electron chi connectivity index (χ1n) is 16.1. The zero-order valence-corrected chi connectivity index (χ0v) is 26.3. The van der Waals surface area contributed by atoms with Gasteiger partial charge in [-0.05, 0) is 86.5 Å². The molecule has 5 nitrogen and oxygen atoms in total. The van der Waals surface area contributed by atoms with E-state index in [0.29, 0.717) is 0 Å². The molecule has 1 unspecified atom stereocenters. The van der Waals surface area contributed by atoms with Gasteiger partial charge in [-0.3, -0.25) is 0 Å². The Morgan fingerprint density at radius 3 is 2.31 bits per heavy atom. The predicted molar refractivity (Wildman–Crippen MR) is 193 cm³/mol. The first-order chi connectivity index (χ1) is 22.1. The predicted octanol–water partition coefficient (Wildman–Crippen LogP) is 9.57. The van der Waals surface area contributed by atoms with Crippen LogP contribution in [0.2, 0.25) is 0 Å². The molecule has 224 valence electrons. The quantitative estimate of drug-likeness (QED) is 0.168. The Kier molecular flexibility index (Phi) is 7.91. The van der Waals surface area contributed by atoms with E-state index in [1.807, 2.05) is 6.07 Å². The minimum Gasteiger partial charge on any atom is -0.372 e. The van der Waals surface area contributed by atoms with Gasteiger partial charge in [-0.2, -0.15) is 5.10 Å². The Bertz CT molecular complexity index is 2060. The molecule has 45 heavy (non-hydrogen) atoms. The number of pyridine rings is 1. The van der Waals surface area contributed by atoms with Crippen molar-refractivity contribution in [3.63, 3.8) is 0 Å². The van der Waals surface area contributed by atoms with Crippen LogP contribution in [0.1, 0.15) is 38.3 Å². The number of anilines is 2. The number of allylic oxidation sites excluding steroid dienone is 1. The molecule has 0 bridgehead atoms. The first kappa shape index (κ1) is 28.6. The monoisotopic (exact) mass is 589 g/mol. The van der Waals surface area contributed by atoms with Gasteiger partial charge >= 0.3 is 0 Å². The molecule has 0 amide bonds. The van der Waals surface area contributed by atoms with Crippen LogP contribution in [0.5, 0.6) is 0 Å². The van der Waals surface area contributed by atoms with Crippen molar-refractivity contribution in [3.05, 3.63) is 126 Å². The fourth-order valence-electron chi connectivity index (χ4n) is 6.52. The second-order valence-corrected chi connectivity index (χ2v) is 11.6. The summed E-state index contributed by atoms with van der Waals surface area (Å²) in [7, 11) is 0. The molecular weight excluding hydrogens is 550 g/mol. The summed E-state index contributed by atoms with van der Waals surface area (Å²) in [5, 5.41) is 10.9. The van der Waals surface area contributed by atoms with E-state index >= 15 is 0 Å². The van der Waals surface area contributed by atoms with Gasteiger partial charge in [-0.1, -0.05) is 72.8 Å². The fraction of sp³-hybridized carbons (Fsp3) is 0.200. The molecule has 4 aromatic carbocycles. The van der Waals surface area contributed by atoms with Gasteiger partial charge in [0.1, 0.15) is 5.82 Å². The second kappa shape index (κ2) is 12.4. The molecular formula is C40H39N5. The SMILES string of the molecule is CCN(CC)c1ccc(C=CC2CC(C=Cc3ccc4c(c3)c3ccccc3n4CC)=NN2c2ccc3ccccc3n2)cc1. The Labute approximate surface area is 265 Å². The van der Waals surface area contributed by atoms with Crippen LogP contribution < -0.4 is 9.91 Å². The molecule has 6 aromatic rings. The van der Waals surface area contributed by atoms with Gasteiger partial charge in [0.05, 0.1) is 17.3 Å². The lowest BCUT2D eigenvalue weighted by Crippen LogP contribution is -2.24. The van der Waals surface area contributed by atoms with Crippen molar-refractivity contribution in [1.29, 1.82) is 0 Å². The summed E-state index contributed by atoms with van der Waals surface area (Å²) in [5.74, 6) is 0.859. The number of nitrogens with zero attached hydrogens (tertiary/aromatic N) is 5. The summed E-state index contributed by atoms with van der Waals surface area (Å²) in [4.78, 5) is 7.36. The van der Waals surface area contributed by atoms with E-state index in [1.165, 1.54) is 38.6 Å². The number of benzene rings is 4. The zero-order valence-electron chi connectivity index (χ0n) is 26.3. The Hall–Kier alpha value is -5.16. The van der Waals surface area contributed by atoms with Crippen molar-refractivity contribution in [2.24, 2.45) is 5.10 Å². The standard InChI is InChI=1S/C40H39N5/c1-4-43(5-2)33-22-16-29(17-23-33)18-24-34-28-32(42-45(34)40-26-20-31-11-7-9-13-37(31)41-40)21-15-30-19-25-39-36(27-30)35-12-8-10-14-38(35)44(39)6-3/h7-27,34H,4-6,28H2,1-3H3. The molecule has 0 aliphatic carbocycles. The average molecular weight is 590 g/mol. The average Bonchev–Trinajstić information content (AvgIpc) is 3.65. The molecule has 7 rings (SSSR count). The number of hydrogen-bond donors (Lipinski definition) is 0. The minimum atomic E-state index is 0.0609. The van der Waals surface area contributed by atoms with Crippen molar-refractivity contribution in [2.75, 3.05) is 23.0 Å². The van der Waals surface area contributed by atoms with Crippen LogP contribution in [-0.4, -0.2) is 34.4 Å². The summed E-state index contributed by atoms with van der Waals surface area (Å²) < 4.78 is 2.39. The topological polar surface area (TPSA) is 36.7 Å². The van der Waals surface area contributed by atoms with Gasteiger partial charge < -0.3 is 9.47 Å². The van der Waals surface area contributed by atoms with Crippen LogP contribution in [-0.2, 0) is 6.54 Å². The van der Waals surface area contributed by atoms with Crippen molar-refractivity contribution >= 4 is 62.1 Å². The summed E-state index contributed by atoms with van der Waals surface area (Å²) in [6.07, 6.45) is 9.64. The molecule has 0 saturated heterocycles. The summed E-state index contributed by atoms with van der Waals surface area (Å²) >= 11 is 0. The fourth-order valence-corrected chi connectivity index (χ4v) is 6.52. The lowest BCUT2D eigenvalue weighted by atomic mass is 10.1. The third-order valence-electron chi connectivity index (χ3n) is 8.90. The molecule has 1 aliphatic rings. The van der Waals surface area contributed by atoms with Crippen LogP contribution in [0, 0.1) is 0 Å². The Morgan fingerprint density at radius 1 is 0.733 bits per heavy atom. The Balaban J connectivity index is 1.19. The normalized spacial score (nSPS) is 15.3. The van der Waals surface area contributed by atoms with Crippen LogP contribution >= 0.6 is 0 Å². The van der Waals surface area contributed by atoms with E-state index < -0.39 is 0 Å². The van der Waals surface area contributed by atoms with Crippen LogP contribution in [0.15, 0.2) is 120 Å². The van der Waals surface area contributed by atoms with E-state index in [1.54, 1.807) is 0 Å². The lowest BCUT2D eigenvalue weighted by molar-refractivity contribution is 0.779. The van der Waals surface area contributed by atoms with Crippen LogP contribution in [0.4, 0.5) is 11.5 Å². The number of para-hydroxylation sites is 2. The molecule has 3 heterocycles. The third-order valence-corrected chi connectivity index (χ3v) is 8.90. The number of aryl methyl sites for hydroxylation is 1. The van der Waals surface area contributed by atoms with E-state index in [4.69, 9.17) is 10.1 Å². The van der Waals surface area contributed by atoms with Crippen LogP contribution in [0.25, 0.3) is 44.9 Å². The highest BCUT2D eigenvalue weighted by atomic mass is 15.5. The van der Waals surface area contributed by atoms with Crippen molar-refractivity contribution in [1.82, 2.24) is 9.55 Å². The maximum absolute atomic E-state index is 5.10. The van der Waals surface area contributed by atoms with Gasteiger partial charge in [0.25, 0.3) is 0 Å². The van der Waals surface area contributed by atoms with Gasteiger partial charge in [0, 0.05) is 58.9 Å². The number of hydrogen-bond acceptors (Lipinski definition) is 4. The second-order valence-electron chi connectivity index (χ2n) is 11.6. The Morgan fingerprint density at radius 2 is 1.49 bits per heavy atom. The van der Waals surface area contributed by atoms with Gasteiger partial charge in [0.2, 0.25) is 0 Å². The number of hydrazone groups is 1. The molecule has 0 radical (unpaired) electrons. The molecule has 1 atom stereocenters. The highest BCUT2D eigenvalue weighted by Crippen LogP contribution is 2.31. The maximum Gasteiger partial charge on any atom is 0.150 e. The summed E-state index contributed by atoms with van der Waals surface area (Å²) in [5.41, 5.74) is 8.18. The largest absolute Gasteiger partial charge is 0.372 e. The molecule has 5 heteroatoms. The number of rotatable bonds is 9. The van der Waals surface area contributed by atoms with Gasteiger partial charge in [-0.15, -0.1) is 0 Å². The van der Waals surface area contributed by atoms with Crippen molar-refractivity contribution in [3.8, 4) is 0 Å². The lowest BCUT2D eigenvalue weighted by Gasteiger charge is -2.21. The highest BCUT2D eigenvalue weighted by molar-refractivity contribution is 6.09. The zero-order chi connectivity index (χ0) is 30.8. The highest BCUT2D eigenvalue weighted by Gasteiger charge is 2.26. The number of aromatic nitrogens is 2. The molecule has 0 N–H and O–H groups in total. The van der Waals surface area contributed by atoms with E-state index in [9.17, 15) is 0 Å². The van der Waals surface area contributed by atoms with Gasteiger partial charge in [0.15, 0.2) is 0 Å². The third kappa shape index (κ3) is 5.62. The molecule has 1 aliphatic heterocycles. The first-order valence-corrected chi connectivity index (χ1v) is 16.1.